The smallest absolute Gasteiger partial charge is 0.319 e. The Kier molecular flexibility index (Phi) is 5.88. The molecule has 0 unspecified atom stereocenters. The summed E-state index contributed by atoms with van der Waals surface area (Å²) in [5.41, 5.74) is 0. The fraction of sp³-hybridized carbons (Fsp3) is 0.667. The summed E-state index contributed by atoms with van der Waals surface area (Å²) in [7, 11) is 0. The van der Waals surface area contributed by atoms with Crippen molar-refractivity contribution in [3.63, 3.8) is 0 Å². The molecule has 1 aromatic heterocycles. The zero-order valence-electron chi connectivity index (χ0n) is 11.1. The van der Waals surface area contributed by atoms with Crippen LogP contribution >= 0.6 is 0 Å². The minimum absolute atomic E-state index is 0.0759. The Hall–Kier alpha value is -1.50. The third-order valence-electron chi connectivity index (χ3n) is 2.87. The first kappa shape index (κ1) is 15.6. The molecule has 0 atom stereocenters. The van der Waals surface area contributed by atoms with Crippen LogP contribution in [-0.4, -0.2) is 38.1 Å². The molecular weight excluding hydrogens is 256 g/mol. The number of hydrogen-bond donors (Lipinski definition) is 1. The fourth-order valence-electron chi connectivity index (χ4n) is 1.78. The van der Waals surface area contributed by atoms with Crippen LogP contribution in [0.15, 0.2) is 12.4 Å². The second-order valence-corrected chi connectivity index (χ2v) is 4.59. The molecule has 1 N–H and O–H groups in total. The minimum Gasteiger partial charge on any atom is -0.481 e. The van der Waals surface area contributed by atoms with Gasteiger partial charge >= 0.3 is 12.5 Å². The number of alkyl halides is 2. The number of carboxylic acids is 1. The molecule has 1 rings (SSSR count). The highest BCUT2D eigenvalue weighted by molar-refractivity contribution is 5.66. The van der Waals surface area contributed by atoms with Crippen molar-refractivity contribution in [2.24, 2.45) is 0 Å². The van der Waals surface area contributed by atoms with Crippen molar-refractivity contribution in [3.8, 4) is 0 Å². The van der Waals surface area contributed by atoms with E-state index < -0.39 is 12.5 Å². The number of carbonyl (C=O) groups is 1. The van der Waals surface area contributed by atoms with Crippen molar-refractivity contribution in [3.05, 3.63) is 18.2 Å². The highest BCUT2D eigenvalue weighted by Gasteiger charge is 2.17. The first-order valence-corrected chi connectivity index (χ1v) is 6.17. The maximum absolute atomic E-state index is 12.7. The van der Waals surface area contributed by atoms with Crippen LogP contribution < -0.4 is 0 Å². The summed E-state index contributed by atoms with van der Waals surface area (Å²) in [6.07, 6.45) is 3.16. The molecule has 108 valence electrons. The minimum atomic E-state index is -2.61. The molecular formula is C12H19F2N3O2. The van der Waals surface area contributed by atoms with Crippen molar-refractivity contribution in [2.75, 3.05) is 6.54 Å². The lowest BCUT2D eigenvalue weighted by atomic mass is 10.2. The molecule has 0 saturated carbocycles. The molecule has 19 heavy (non-hydrogen) atoms. The van der Waals surface area contributed by atoms with Gasteiger partial charge < -0.3 is 5.11 Å². The van der Waals surface area contributed by atoms with E-state index >= 15 is 0 Å². The molecule has 1 heterocycles. The molecule has 0 spiro atoms. The van der Waals surface area contributed by atoms with Gasteiger partial charge in [0.25, 0.3) is 0 Å². The molecule has 0 fully saturated rings. The van der Waals surface area contributed by atoms with Gasteiger partial charge in [0.15, 0.2) is 0 Å². The Balaban J connectivity index is 2.62. The molecule has 0 radical (unpaired) electrons. The van der Waals surface area contributed by atoms with E-state index in [1.165, 1.54) is 12.4 Å². The summed E-state index contributed by atoms with van der Waals surface area (Å²) in [5, 5.41) is 8.60. The number of imidazole rings is 1. The van der Waals surface area contributed by atoms with Crippen LogP contribution in [0.3, 0.4) is 0 Å². The molecule has 1 aromatic rings. The standard InChI is InChI=1S/C12H19F2N3O2/c1-9(2)16(6-3-4-11(18)19)8-10-15-5-7-17(10)12(13)14/h5,7,9,12H,3-4,6,8H2,1-2H3,(H,18,19). The number of carboxylic acid groups (broad SMARTS) is 1. The SMILES string of the molecule is CC(C)N(CCCC(=O)O)Cc1nccn1C(F)F. The molecule has 0 bridgehead atoms. The van der Waals surface area contributed by atoms with Gasteiger partial charge in [-0.1, -0.05) is 0 Å². The second kappa shape index (κ2) is 7.18. The number of aliphatic carboxylic acids is 1. The van der Waals surface area contributed by atoms with Gasteiger partial charge in [-0.2, -0.15) is 8.78 Å². The highest BCUT2D eigenvalue weighted by atomic mass is 19.3. The van der Waals surface area contributed by atoms with E-state index in [4.69, 9.17) is 5.11 Å². The zero-order chi connectivity index (χ0) is 14.4. The van der Waals surface area contributed by atoms with Gasteiger partial charge in [0.05, 0.1) is 6.54 Å². The van der Waals surface area contributed by atoms with Gasteiger partial charge in [-0.25, -0.2) is 4.98 Å². The summed E-state index contributed by atoms with van der Waals surface area (Å²) in [6.45, 7) is 2.10. The number of rotatable bonds is 8. The summed E-state index contributed by atoms with van der Waals surface area (Å²) in [5.74, 6) is -0.559. The molecule has 0 aromatic carbocycles. The summed E-state index contributed by atoms with van der Waals surface area (Å²) in [4.78, 5) is 16.3. The van der Waals surface area contributed by atoms with Crippen LogP contribution in [-0.2, 0) is 11.3 Å². The number of hydrogen-bond acceptors (Lipinski definition) is 3. The molecule has 7 heteroatoms. The first-order chi connectivity index (χ1) is 8.91. The van der Waals surface area contributed by atoms with E-state index in [1.807, 2.05) is 18.7 Å². The highest BCUT2D eigenvalue weighted by Crippen LogP contribution is 2.15. The Bertz CT molecular complexity index is 407. The largest absolute Gasteiger partial charge is 0.481 e. The lowest BCUT2D eigenvalue weighted by molar-refractivity contribution is -0.137. The van der Waals surface area contributed by atoms with E-state index in [0.717, 1.165) is 4.57 Å². The van der Waals surface area contributed by atoms with Crippen molar-refractivity contribution in [2.45, 2.75) is 45.8 Å². The molecule has 5 nitrogen and oxygen atoms in total. The van der Waals surface area contributed by atoms with E-state index in [9.17, 15) is 13.6 Å². The third kappa shape index (κ3) is 4.94. The van der Waals surface area contributed by atoms with E-state index in [2.05, 4.69) is 4.98 Å². The molecule has 0 amide bonds. The Morgan fingerprint density at radius 3 is 2.74 bits per heavy atom. The lowest BCUT2D eigenvalue weighted by Gasteiger charge is -2.26. The maximum atomic E-state index is 12.7. The van der Waals surface area contributed by atoms with Crippen molar-refractivity contribution in [1.82, 2.24) is 14.5 Å². The van der Waals surface area contributed by atoms with E-state index in [0.29, 0.717) is 18.8 Å². The van der Waals surface area contributed by atoms with Crippen molar-refractivity contribution in [1.29, 1.82) is 0 Å². The van der Waals surface area contributed by atoms with Gasteiger partial charge in [0.1, 0.15) is 5.82 Å². The van der Waals surface area contributed by atoms with Crippen molar-refractivity contribution >= 4 is 5.97 Å². The van der Waals surface area contributed by atoms with Crippen LogP contribution in [0.25, 0.3) is 0 Å². The quantitative estimate of drug-likeness (QED) is 0.791. The maximum Gasteiger partial charge on any atom is 0.319 e. The van der Waals surface area contributed by atoms with Gasteiger partial charge in [0.2, 0.25) is 0 Å². The van der Waals surface area contributed by atoms with Gasteiger partial charge in [-0.15, -0.1) is 0 Å². The summed E-state index contributed by atoms with van der Waals surface area (Å²) >= 11 is 0. The predicted molar refractivity (Wildman–Crippen MR) is 65.9 cm³/mol. The normalized spacial score (nSPS) is 11.7. The first-order valence-electron chi connectivity index (χ1n) is 6.17. The molecule has 0 aliphatic carbocycles. The van der Waals surface area contributed by atoms with Crippen LogP contribution in [0.2, 0.25) is 0 Å². The average Bonchev–Trinajstić information content (AvgIpc) is 2.75. The van der Waals surface area contributed by atoms with Crippen LogP contribution in [0.4, 0.5) is 8.78 Å². The van der Waals surface area contributed by atoms with Crippen LogP contribution in [0.5, 0.6) is 0 Å². The second-order valence-electron chi connectivity index (χ2n) is 4.59. The molecule has 0 aliphatic heterocycles. The van der Waals surface area contributed by atoms with Gasteiger partial charge in [0, 0.05) is 24.9 Å². The summed E-state index contributed by atoms with van der Waals surface area (Å²) < 4.78 is 26.2. The molecule has 0 aliphatic rings. The van der Waals surface area contributed by atoms with E-state index in [1.54, 1.807) is 0 Å². The lowest BCUT2D eigenvalue weighted by Crippen LogP contribution is -2.32. The predicted octanol–water partition coefficient (Wildman–Crippen LogP) is 2.35. The number of halogens is 2. The Morgan fingerprint density at radius 2 is 2.21 bits per heavy atom. The summed E-state index contributed by atoms with van der Waals surface area (Å²) in [6, 6.07) is 0.136. The van der Waals surface area contributed by atoms with Crippen LogP contribution in [0.1, 0.15) is 39.1 Å². The van der Waals surface area contributed by atoms with Crippen LogP contribution in [0, 0.1) is 0 Å². The molecule has 0 saturated heterocycles. The fourth-order valence-corrected chi connectivity index (χ4v) is 1.78. The third-order valence-corrected chi connectivity index (χ3v) is 2.87. The zero-order valence-corrected chi connectivity index (χ0v) is 11.1. The number of aromatic nitrogens is 2. The number of nitrogens with zero attached hydrogens (tertiary/aromatic N) is 3. The Labute approximate surface area is 110 Å². The van der Waals surface area contributed by atoms with E-state index in [-0.39, 0.29) is 19.0 Å². The van der Waals surface area contributed by atoms with Crippen molar-refractivity contribution < 1.29 is 18.7 Å². The van der Waals surface area contributed by atoms with Gasteiger partial charge in [-0.05, 0) is 26.8 Å². The Morgan fingerprint density at radius 1 is 1.53 bits per heavy atom. The van der Waals surface area contributed by atoms with Gasteiger partial charge in [-0.3, -0.25) is 14.3 Å². The topological polar surface area (TPSA) is 58.4 Å². The monoisotopic (exact) mass is 275 g/mol. The average molecular weight is 275 g/mol.